The molecule has 0 aliphatic carbocycles. The molecule has 0 saturated heterocycles. The molecule has 6 heteroatoms. The Labute approximate surface area is 163 Å². The number of carbonyl (C=O) groups excluding carboxylic acids is 1. The van der Waals surface area contributed by atoms with Crippen molar-refractivity contribution in [2.45, 2.75) is 18.0 Å². The average molecular weight is 382 g/mol. The van der Waals surface area contributed by atoms with Crippen LogP contribution in [0.1, 0.15) is 18.5 Å². The number of pyridine rings is 1. The van der Waals surface area contributed by atoms with Crippen LogP contribution in [0.25, 0.3) is 10.9 Å². The summed E-state index contributed by atoms with van der Waals surface area (Å²) in [4.78, 5) is 17.0. The zero-order valence-electron chi connectivity index (χ0n) is 15.6. The van der Waals surface area contributed by atoms with Gasteiger partial charge in [-0.25, -0.2) is 4.98 Å². The lowest BCUT2D eigenvalue weighted by Gasteiger charge is -2.18. The molecule has 1 atom stereocenters. The van der Waals surface area contributed by atoms with E-state index in [9.17, 15) is 4.79 Å². The highest BCUT2D eigenvalue weighted by Gasteiger charge is 2.15. The minimum Gasteiger partial charge on any atom is -0.497 e. The molecule has 0 spiro atoms. The van der Waals surface area contributed by atoms with E-state index in [1.54, 1.807) is 14.2 Å². The molecule has 1 heterocycles. The van der Waals surface area contributed by atoms with Crippen LogP contribution >= 0.6 is 11.8 Å². The van der Waals surface area contributed by atoms with E-state index in [2.05, 4.69) is 10.3 Å². The fourth-order valence-corrected chi connectivity index (χ4v) is 3.50. The van der Waals surface area contributed by atoms with Gasteiger partial charge in [-0.2, -0.15) is 0 Å². The Morgan fingerprint density at radius 1 is 1.11 bits per heavy atom. The molecule has 0 radical (unpaired) electrons. The number of carbonyl (C=O) groups is 1. The van der Waals surface area contributed by atoms with Crippen molar-refractivity contribution in [3.63, 3.8) is 0 Å². The molecule has 0 unspecified atom stereocenters. The summed E-state index contributed by atoms with van der Waals surface area (Å²) >= 11 is 1.42. The van der Waals surface area contributed by atoms with Crippen LogP contribution in [-0.2, 0) is 4.79 Å². The van der Waals surface area contributed by atoms with E-state index in [0.717, 1.165) is 27.2 Å². The van der Waals surface area contributed by atoms with Gasteiger partial charge in [0.15, 0.2) is 0 Å². The quantitative estimate of drug-likeness (QED) is 0.620. The molecule has 2 aromatic carbocycles. The van der Waals surface area contributed by atoms with E-state index in [0.29, 0.717) is 11.5 Å². The van der Waals surface area contributed by atoms with E-state index in [4.69, 9.17) is 9.47 Å². The van der Waals surface area contributed by atoms with E-state index < -0.39 is 0 Å². The third-order valence-corrected chi connectivity index (χ3v) is 5.13. The number of nitrogens with one attached hydrogen (secondary N) is 1. The minimum absolute atomic E-state index is 0.0627. The summed E-state index contributed by atoms with van der Waals surface area (Å²) in [5.74, 6) is 1.67. The molecule has 1 amide bonds. The van der Waals surface area contributed by atoms with Crippen molar-refractivity contribution in [2.75, 3.05) is 20.0 Å². The van der Waals surface area contributed by atoms with Crippen molar-refractivity contribution in [3.05, 3.63) is 60.2 Å². The predicted octanol–water partition coefficient (Wildman–Crippen LogP) is 4.22. The Morgan fingerprint density at radius 2 is 1.93 bits per heavy atom. The van der Waals surface area contributed by atoms with Gasteiger partial charge in [-0.3, -0.25) is 4.79 Å². The van der Waals surface area contributed by atoms with Gasteiger partial charge in [0.25, 0.3) is 0 Å². The molecule has 0 saturated carbocycles. The number of para-hydroxylation sites is 1. The number of rotatable bonds is 7. The highest BCUT2D eigenvalue weighted by molar-refractivity contribution is 7.99. The highest BCUT2D eigenvalue weighted by Crippen LogP contribution is 2.29. The predicted molar refractivity (Wildman–Crippen MR) is 109 cm³/mol. The summed E-state index contributed by atoms with van der Waals surface area (Å²) in [7, 11) is 3.23. The van der Waals surface area contributed by atoms with Gasteiger partial charge in [0, 0.05) is 10.9 Å². The summed E-state index contributed by atoms with van der Waals surface area (Å²) in [5, 5.41) is 4.92. The SMILES string of the molecule is COc1ccc(OC)c([C@H](C)NC(=O)CSc2ccc3ccccc3n2)c1. The van der Waals surface area contributed by atoms with Crippen LogP contribution in [0.15, 0.2) is 59.6 Å². The zero-order chi connectivity index (χ0) is 19.2. The summed E-state index contributed by atoms with van der Waals surface area (Å²) in [6.07, 6.45) is 0. The second-order valence-corrected chi connectivity index (χ2v) is 7.02. The van der Waals surface area contributed by atoms with Crippen molar-refractivity contribution in [1.82, 2.24) is 10.3 Å². The lowest BCUT2D eigenvalue weighted by molar-refractivity contribution is -0.119. The molecule has 3 rings (SSSR count). The van der Waals surface area contributed by atoms with Crippen LogP contribution in [0, 0.1) is 0 Å². The molecule has 140 valence electrons. The molecule has 0 fully saturated rings. The molecule has 0 aliphatic heterocycles. The molecule has 1 N–H and O–H groups in total. The fourth-order valence-electron chi connectivity index (χ4n) is 2.81. The van der Waals surface area contributed by atoms with Crippen LogP contribution in [0.3, 0.4) is 0 Å². The molecular formula is C21H22N2O3S. The largest absolute Gasteiger partial charge is 0.497 e. The van der Waals surface area contributed by atoms with Crippen LogP contribution in [0.5, 0.6) is 11.5 Å². The number of ether oxygens (including phenoxy) is 2. The Hall–Kier alpha value is -2.73. The molecule has 5 nitrogen and oxygen atoms in total. The number of aromatic nitrogens is 1. The smallest absolute Gasteiger partial charge is 0.230 e. The summed E-state index contributed by atoms with van der Waals surface area (Å²) < 4.78 is 10.7. The van der Waals surface area contributed by atoms with Gasteiger partial charge < -0.3 is 14.8 Å². The second-order valence-electron chi connectivity index (χ2n) is 6.03. The van der Waals surface area contributed by atoms with Gasteiger partial charge in [-0.05, 0) is 37.3 Å². The molecule has 0 aliphatic rings. The zero-order valence-corrected chi connectivity index (χ0v) is 16.4. The summed E-state index contributed by atoms with van der Waals surface area (Å²) in [6, 6.07) is 17.2. The first-order chi connectivity index (χ1) is 13.1. The monoisotopic (exact) mass is 382 g/mol. The van der Waals surface area contributed by atoms with Crippen LogP contribution < -0.4 is 14.8 Å². The number of fused-ring (bicyclic) bond motifs is 1. The van der Waals surface area contributed by atoms with Gasteiger partial charge in [0.1, 0.15) is 11.5 Å². The molecule has 3 aromatic rings. The van der Waals surface area contributed by atoms with Gasteiger partial charge in [0.2, 0.25) is 5.91 Å². The van der Waals surface area contributed by atoms with Crippen LogP contribution in [0.2, 0.25) is 0 Å². The van der Waals surface area contributed by atoms with E-state index >= 15 is 0 Å². The number of thioether (sulfide) groups is 1. The Morgan fingerprint density at radius 3 is 2.70 bits per heavy atom. The average Bonchev–Trinajstić information content (AvgIpc) is 2.71. The normalized spacial score (nSPS) is 11.8. The van der Waals surface area contributed by atoms with E-state index in [1.807, 2.05) is 61.5 Å². The number of nitrogens with zero attached hydrogens (tertiary/aromatic N) is 1. The number of benzene rings is 2. The van der Waals surface area contributed by atoms with Gasteiger partial charge >= 0.3 is 0 Å². The number of amides is 1. The number of hydrogen-bond acceptors (Lipinski definition) is 5. The first-order valence-corrected chi connectivity index (χ1v) is 9.59. The number of methoxy groups -OCH3 is 2. The number of hydrogen-bond donors (Lipinski definition) is 1. The van der Waals surface area contributed by atoms with Gasteiger partial charge in [-0.15, -0.1) is 0 Å². The van der Waals surface area contributed by atoms with Crippen molar-refractivity contribution >= 4 is 28.6 Å². The summed E-state index contributed by atoms with van der Waals surface area (Å²) in [6.45, 7) is 1.92. The molecule has 27 heavy (non-hydrogen) atoms. The van der Waals surface area contributed by atoms with Gasteiger partial charge in [-0.1, -0.05) is 36.0 Å². The molecular weight excluding hydrogens is 360 g/mol. The maximum Gasteiger partial charge on any atom is 0.230 e. The van der Waals surface area contributed by atoms with Crippen molar-refractivity contribution in [3.8, 4) is 11.5 Å². The van der Waals surface area contributed by atoms with Crippen LogP contribution in [-0.4, -0.2) is 30.9 Å². The Bertz CT molecular complexity index is 946. The third-order valence-electron chi connectivity index (χ3n) is 4.20. The van der Waals surface area contributed by atoms with Crippen molar-refractivity contribution in [1.29, 1.82) is 0 Å². The van der Waals surface area contributed by atoms with E-state index in [1.165, 1.54) is 11.8 Å². The standard InChI is InChI=1S/C21H22N2O3S/c1-14(17-12-16(25-2)9-10-19(17)26-3)22-20(24)13-27-21-11-8-15-6-4-5-7-18(15)23-21/h4-12,14H,13H2,1-3H3,(H,22,24)/t14-/m0/s1. The first-order valence-electron chi connectivity index (χ1n) is 8.60. The lowest BCUT2D eigenvalue weighted by Crippen LogP contribution is -2.28. The minimum atomic E-state index is -0.201. The molecule has 0 bridgehead atoms. The maximum absolute atomic E-state index is 12.4. The Balaban J connectivity index is 1.63. The topological polar surface area (TPSA) is 60.5 Å². The van der Waals surface area contributed by atoms with Crippen molar-refractivity contribution in [2.24, 2.45) is 0 Å². The highest BCUT2D eigenvalue weighted by atomic mass is 32.2. The third kappa shape index (κ3) is 4.71. The first kappa shape index (κ1) is 19.0. The summed E-state index contributed by atoms with van der Waals surface area (Å²) in [5.41, 5.74) is 1.80. The Kier molecular flexibility index (Phi) is 6.19. The fraction of sp³-hybridized carbons (Fsp3) is 0.238. The lowest BCUT2D eigenvalue weighted by atomic mass is 10.1. The van der Waals surface area contributed by atoms with Crippen LogP contribution in [0.4, 0.5) is 0 Å². The maximum atomic E-state index is 12.4. The molecule has 1 aromatic heterocycles. The second kappa shape index (κ2) is 8.77. The van der Waals surface area contributed by atoms with E-state index in [-0.39, 0.29) is 11.9 Å². The van der Waals surface area contributed by atoms with Crippen molar-refractivity contribution < 1.29 is 14.3 Å². The van der Waals surface area contributed by atoms with Gasteiger partial charge in [0.05, 0.1) is 36.6 Å².